The second-order valence-electron chi connectivity index (χ2n) is 6.96. The van der Waals surface area contributed by atoms with Crippen LogP contribution in [-0.2, 0) is 14.3 Å². The maximum Gasteiger partial charge on any atom is 0.326 e. The number of aryl methyl sites for hydroxylation is 1. The third-order valence-electron chi connectivity index (χ3n) is 4.50. The van der Waals surface area contributed by atoms with Crippen molar-refractivity contribution in [1.29, 1.82) is 0 Å². The second-order valence-corrected chi connectivity index (χ2v) is 9.10. The third-order valence-corrected chi connectivity index (χ3v) is 6.43. The Morgan fingerprint density at radius 2 is 1.70 bits per heavy atom. The maximum atomic E-state index is 12.6. The first-order chi connectivity index (χ1) is 14.4. The van der Waals surface area contributed by atoms with Crippen LogP contribution in [0.2, 0.25) is 0 Å². The highest BCUT2D eigenvalue weighted by molar-refractivity contribution is 8.18. The molecule has 156 valence electrons. The van der Waals surface area contributed by atoms with Gasteiger partial charge in [0, 0.05) is 9.79 Å². The van der Waals surface area contributed by atoms with E-state index < -0.39 is 17.1 Å². The molecule has 0 unspecified atom stereocenters. The van der Waals surface area contributed by atoms with Gasteiger partial charge in [0.2, 0.25) is 0 Å². The number of hydrogen-bond donors (Lipinski definition) is 0. The number of carbonyl (C=O) groups is 3. The Labute approximate surface area is 184 Å². The molecule has 1 heterocycles. The van der Waals surface area contributed by atoms with E-state index in [-0.39, 0.29) is 12.6 Å². The highest BCUT2D eigenvalue weighted by Crippen LogP contribution is 2.33. The standard InChI is InChI=1S/C23H23NO4S2/c1-4-16(3)28-21(25)14-24-22(26)20(30-23(24)27)13-17-7-11-19(12-8-17)29-18-9-5-15(2)6-10-18/h5-13,16H,4,14H2,1-3H3/b20-13-/t16-/m0/s1. The highest BCUT2D eigenvalue weighted by atomic mass is 32.2. The molecule has 5 nitrogen and oxygen atoms in total. The fourth-order valence-electron chi connectivity index (χ4n) is 2.64. The summed E-state index contributed by atoms with van der Waals surface area (Å²) in [6.07, 6.45) is 2.10. The molecule has 2 amide bonds. The van der Waals surface area contributed by atoms with Crippen LogP contribution < -0.4 is 0 Å². The third kappa shape index (κ3) is 5.77. The van der Waals surface area contributed by atoms with E-state index in [2.05, 4.69) is 31.2 Å². The lowest BCUT2D eigenvalue weighted by Crippen LogP contribution is -2.35. The summed E-state index contributed by atoms with van der Waals surface area (Å²) in [6, 6.07) is 16.1. The minimum Gasteiger partial charge on any atom is -0.461 e. The molecule has 0 spiro atoms. The molecular weight excluding hydrogens is 418 g/mol. The van der Waals surface area contributed by atoms with Crippen molar-refractivity contribution in [2.75, 3.05) is 6.54 Å². The normalized spacial score (nSPS) is 16.2. The summed E-state index contributed by atoms with van der Waals surface area (Å²) in [6.45, 7) is 5.36. The van der Waals surface area contributed by atoms with Crippen molar-refractivity contribution in [3.05, 3.63) is 64.6 Å². The average Bonchev–Trinajstić information content (AvgIpc) is 2.98. The predicted octanol–water partition coefficient (Wildman–Crippen LogP) is 5.52. The van der Waals surface area contributed by atoms with Gasteiger partial charge in [-0.2, -0.15) is 0 Å². The van der Waals surface area contributed by atoms with Gasteiger partial charge in [-0.3, -0.25) is 19.3 Å². The van der Waals surface area contributed by atoms with Gasteiger partial charge in [-0.25, -0.2) is 0 Å². The molecule has 1 aliphatic heterocycles. The van der Waals surface area contributed by atoms with Crippen molar-refractivity contribution in [2.45, 2.75) is 43.1 Å². The van der Waals surface area contributed by atoms with Crippen LogP contribution in [0.25, 0.3) is 6.08 Å². The van der Waals surface area contributed by atoms with Crippen LogP contribution in [0.4, 0.5) is 4.79 Å². The minimum atomic E-state index is -0.578. The molecule has 0 N–H and O–H groups in total. The van der Waals surface area contributed by atoms with Gasteiger partial charge in [-0.05, 0) is 67.9 Å². The molecule has 1 aliphatic rings. The molecular formula is C23H23NO4S2. The molecule has 30 heavy (non-hydrogen) atoms. The number of benzene rings is 2. The van der Waals surface area contributed by atoms with Crippen LogP contribution in [0.5, 0.6) is 0 Å². The number of imide groups is 1. The molecule has 2 aromatic carbocycles. The lowest BCUT2D eigenvalue weighted by atomic mass is 10.2. The second kappa shape index (κ2) is 10.00. The molecule has 1 fully saturated rings. The number of rotatable bonds is 7. The number of nitrogens with zero attached hydrogens (tertiary/aromatic N) is 1. The van der Waals surface area contributed by atoms with E-state index in [9.17, 15) is 14.4 Å². The van der Waals surface area contributed by atoms with Crippen molar-refractivity contribution in [1.82, 2.24) is 4.90 Å². The van der Waals surface area contributed by atoms with Gasteiger partial charge in [0.05, 0.1) is 11.0 Å². The number of thioether (sulfide) groups is 1. The predicted molar refractivity (Wildman–Crippen MR) is 120 cm³/mol. The van der Waals surface area contributed by atoms with E-state index in [4.69, 9.17) is 4.74 Å². The molecule has 7 heteroatoms. The smallest absolute Gasteiger partial charge is 0.326 e. The van der Waals surface area contributed by atoms with E-state index in [1.54, 1.807) is 24.8 Å². The first-order valence-corrected chi connectivity index (χ1v) is 11.3. The van der Waals surface area contributed by atoms with Crippen molar-refractivity contribution in [3.63, 3.8) is 0 Å². The Kier molecular flexibility index (Phi) is 7.39. The van der Waals surface area contributed by atoms with E-state index in [1.807, 2.05) is 31.2 Å². The van der Waals surface area contributed by atoms with Gasteiger partial charge in [0.15, 0.2) is 0 Å². The summed E-state index contributed by atoms with van der Waals surface area (Å²) >= 11 is 2.49. The van der Waals surface area contributed by atoms with E-state index in [0.29, 0.717) is 11.3 Å². The quantitative estimate of drug-likeness (QED) is 0.416. The van der Waals surface area contributed by atoms with Crippen LogP contribution in [0.3, 0.4) is 0 Å². The molecule has 0 bridgehead atoms. The summed E-state index contributed by atoms with van der Waals surface area (Å²) in [4.78, 5) is 40.1. The molecule has 3 rings (SSSR count). The average molecular weight is 442 g/mol. The summed E-state index contributed by atoms with van der Waals surface area (Å²) in [7, 11) is 0. The summed E-state index contributed by atoms with van der Waals surface area (Å²) in [5.74, 6) is -1.05. The van der Waals surface area contributed by atoms with Crippen molar-refractivity contribution >= 4 is 46.7 Å². The number of carbonyl (C=O) groups excluding carboxylic acids is 3. The lowest BCUT2D eigenvalue weighted by molar-refractivity contribution is -0.150. The summed E-state index contributed by atoms with van der Waals surface area (Å²) < 4.78 is 5.16. The number of esters is 1. The zero-order chi connectivity index (χ0) is 21.7. The maximum absolute atomic E-state index is 12.6. The van der Waals surface area contributed by atoms with Crippen LogP contribution >= 0.6 is 23.5 Å². The Balaban J connectivity index is 1.64. The summed E-state index contributed by atoms with van der Waals surface area (Å²) in [5, 5.41) is -0.459. The van der Waals surface area contributed by atoms with E-state index in [0.717, 1.165) is 32.0 Å². The molecule has 1 atom stereocenters. The first kappa shape index (κ1) is 22.2. The molecule has 1 saturated heterocycles. The Bertz CT molecular complexity index is 968. The SMILES string of the molecule is CC[C@H](C)OC(=O)CN1C(=O)S/C(=C\c2ccc(Sc3ccc(C)cc3)cc2)C1=O. The van der Waals surface area contributed by atoms with Gasteiger partial charge >= 0.3 is 5.97 Å². The molecule has 2 aromatic rings. The van der Waals surface area contributed by atoms with Gasteiger partial charge in [0.1, 0.15) is 6.54 Å². The van der Waals surface area contributed by atoms with Crippen molar-refractivity contribution in [2.24, 2.45) is 0 Å². The van der Waals surface area contributed by atoms with Crippen LogP contribution in [-0.4, -0.2) is 34.7 Å². The van der Waals surface area contributed by atoms with E-state index >= 15 is 0 Å². The Morgan fingerprint density at radius 1 is 1.10 bits per heavy atom. The van der Waals surface area contributed by atoms with Crippen LogP contribution in [0.1, 0.15) is 31.4 Å². The minimum absolute atomic E-state index is 0.246. The molecule has 0 radical (unpaired) electrons. The van der Waals surface area contributed by atoms with Gasteiger partial charge in [-0.1, -0.05) is 48.5 Å². The van der Waals surface area contributed by atoms with Gasteiger partial charge in [0.25, 0.3) is 11.1 Å². The largest absolute Gasteiger partial charge is 0.461 e. The van der Waals surface area contributed by atoms with Crippen molar-refractivity contribution in [3.8, 4) is 0 Å². The molecule has 0 aromatic heterocycles. The van der Waals surface area contributed by atoms with Crippen LogP contribution in [0.15, 0.2) is 63.2 Å². The van der Waals surface area contributed by atoms with Crippen molar-refractivity contribution < 1.29 is 19.1 Å². The zero-order valence-corrected chi connectivity index (χ0v) is 18.7. The Hall–Kier alpha value is -2.51. The monoisotopic (exact) mass is 441 g/mol. The van der Waals surface area contributed by atoms with Gasteiger partial charge in [-0.15, -0.1) is 0 Å². The number of ether oxygens (including phenoxy) is 1. The number of amides is 2. The molecule has 0 saturated carbocycles. The Morgan fingerprint density at radius 3 is 2.30 bits per heavy atom. The summed E-state index contributed by atoms with van der Waals surface area (Å²) in [5.41, 5.74) is 2.03. The first-order valence-electron chi connectivity index (χ1n) is 9.65. The zero-order valence-electron chi connectivity index (χ0n) is 17.1. The van der Waals surface area contributed by atoms with E-state index in [1.165, 1.54) is 5.56 Å². The lowest BCUT2D eigenvalue weighted by Gasteiger charge is -2.14. The fourth-order valence-corrected chi connectivity index (χ4v) is 4.29. The van der Waals surface area contributed by atoms with Crippen LogP contribution in [0, 0.1) is 6.92 Å². The molecule has 0 aliphatic carbocycles. The van der Waals surface area contributed by atoms with Gasteiger partial charge < -0.3 is 4.74 Å². The fraction of sp³-hybridized carbons (Fsp3) is 0.261. The topological polar surface area (TPSA) is 63.7 Å². The highest BCUT2D eigenvalue weighted by Gasteiger charge is 2.36. The number of hydrogen-bond acceptors (Lipinski definition) is 6.